The van der Waals surface area contributed by atoms with Gasteiger partial charge < -0.3 is 10.1 Å². The van der Waals surface area contributed by atoms with Gasteiger partial charge in [0.1, 0.15) is 5.60 Å². The number of hydrogen-bond donors (Lipinski definition) is 1. The molecular weight excluding hydrogens is 242 g/mol. The fourth-order valence-corrected chi connectivity index (χ4v) is 2.91. The van der Waals surface area contributed by atoms with Gasteiger partial charge >= 0.3 is 6.09 Å². The molecule has 2 aliphatic heterocycles. The monoisotopic (exact) mass is 261 g/mol. The topological polar surface area (TPSA) is 54.5 Å². The average Bonchev–Trinajstić information content (AvgIpc) is 2.67. The highest BCUT2D eigenvalue weighted by atomic mass is 16.6. The van der Waals surface area contributed by atoms with Gasteiger partial charge in [0.2, 0.25) is 0 Å². The van der Waals surface area contributed by atoms with Crippen LogP contribution in [0.3, 0.4) is 0 Å². The lowest BCUT2D eigenvalue weighted by atomic mass is 9.95. The highest BCUT2D eigenvalue weighted by Gasteiger charge is 2.41. The van der Waals surface area contributed by atoms with Crippen LogP contribution in [0.1, 0.15) is 24.8 Å². The van der Waals surface area contributed by atoms with Gasteiger partial charge in [0.25, 0.3) is 0 Å². The van der Waals surface area contributed by atoms with E-state index in [1.807, 2.05) is 12.4 Å². The van der Waals surface area contributed by atoms with Crippen LogP contribution in [0.15, 0.2) is 24.5 Å². The van der Waals surface area contributed by atoms with Gasteiger partial charge in [-0.1, -0.05) is 0 Å². The van der Waals surface area contributed by atoms with Crippen LogP contribution in [0.2, 0.25) is 0 Å². The van der Waals surface area contributed by atoms with Crippen LogP contribution < -0.4 is 5.32 Å². The lowest BCUT2D eigenvalue weighted by molar-refractivity contribution is 0.0443. The third-order valence-electron chi connectivity index (χ3n) is 4.01. The maximum Gasteiger partial charge on any atom is 0.407 e. The van der Waals surface area contributed by atoms with Gasteiger partial charge in [-0.25, -0.2) is 4.79 Å². The first-order chi connectivity index (χ1) is 9.26. The zero-order valence-electron chi connectivity index (χ0n) is 11.0. The van der Waals surface area contributed by atoms with Crippen molar-refractivity contribution in [3.8, 4) is 0 Å². The Morgan fingerprint density at radius 3 is 2.89 bits per heavy atom. The number of nitrogens with one attached hydrogen (secondary N) is 1. The maximum absolute atomic E-state index is 11.2. The Bertz CT molecular complexity index is 451. The molecule has 1 amide bonds. The zero-order valence-corrected chi connectivity index (χ0v) is 11.0. The number of carbonyl (C=O) groups excluding carboxylic acids is 1. The van der Waals surface area contributed by atoms with Gasteiger partial charge in [0.05, 0.1) is 6.54 Å². The summed E-state index contributed by atoms with van der Waals surface area (Å²) in [4.78, 5) is 17.7. The fourth-order valence-electron chi connectivity index (χ4n) is 2.91. The Morgan fingerprint density at radius 2 is 2.16 bits per heavy atom. The summed E-state index contributed by atoms with van der Waals surface area (Å²) in [5.74, 6) is 0. The molecular formula is C14H19N3O2. The molecule has 0 bridgehead atoms. The Labute approximate surface area is 113 Å². The fraction of sp³-hybridized carbons (Fsp3) is 0.571. The average molecular weight is 261 g/mol. The number of aromatic nitrogens is 1. The van der Waals surface area contributed by atoms with Crippen molar-refractivity contribution in [2.24, 2.45) is 0 Å². The van der Waals surface area contributed by atoms with Gasteiger partial charge in [0, 0.05) is 31.9 Å². The number of hydrogen-bond acceptors (Lipinski definition) is 4. The Morgan fingerprint density at radius 1 is 1.32 bits per heavy atom. The van der Waals surface area contributed by atoms with Gasteiger partial charge in [-0.2, -0.15) is 0 Å². The first-order valence-electron chi connectivity index (χ1n) is 6.84. The van der Waals surface area contributed by atoms with Gasteiger partial charge in [-0.05, 0) is 37.1 Å². The minimum absolute atomic E-state index is 0.260. The van der Waals surface area contributed by atoms with E-state index in [2.05, 4.69) is 27.3 Å². The summed E-state index contributed by atoms with van der Waals surface area (Å²) < 4.78 is 5.48. The number of ether oxygens (including phenoxy) is 1. The third-order valence-corrected chi connectivity index (χ3v) is 4.01. The lowest BCUT2D eigenvalue weighted by Crippen LogP contribution is -2.34. The molecule has 0 radical (unpaired) electrons. The highest BCUT2D eigenvalue weighted by Crippen LogP contribution is 2.29. The van der Waals surface area contributed by atoms with Crippen molar-refractivity contribution in [1.82, 2.24) is 15.2 Å². The van der Waals surface area contributed by atoms with Gasteiger partial charge in [-0.15, -0.1) is 0 Å². The maximum atomic E-state index is 11.2. The number of likely N-dealkylation sites (tertiary alicyclic amines) is 1. The van der Waals surface area contributed by atoms with Crippen LogP contribution in [-0.4, -0.2) is 41.2 Å². The summed E-state index contributed by atoms with van der Waals surface area (Å²) in [6.45, 7) is 3.63. The first-order valence-corrected chi connectivity index (χ1v) is 6.84. The Hall–Kier alpha value is -1.62. The minimum atomic E-state index is -0.261. The molecule has 0 aromatic carbocycles. The van der Waals surface area contributed by atoms with Crippen molar-refractivity contribution in [3.63, 3.8) is 0 Å². The number of rotatable bonds is 2. The second kappa shape index (κ2) is 5.17. The summed E-state index contributed by atoms with van der Waals surface area (Å²) in [6.07, 6.45) is 6.34. The molecule has 19 heavy (non-hydrogen) atoms. The van der Waals surface area contributed by atoms with Crippen LogP contribution in [-0.2, 0) is 11.3 Å². The van der Waals surface area contributed by atoms with Crippen molar-refractivity contribution in [1.29, 1.82) is 0 Å². The van der Waals surface area contributed by atoms with E-state index in [1.54, 1.807) is 0 Å². The summed E-state index contributed by atoms with van der Waals surface area (Å²) in [5.41, 5.74) is 1.02. The normalized spacial score (nSPS) is 27.9. The predicted molar refractivity (Wildman–Crippen MR) is 70.6 cm³/mol. The van der Waals surface area contributed by atoms with Gasteiger partial charge in [-0.3, -0.25) is 9.88 Å². The van der Waals surface area contributed by atoms with E-state index in [1.165, 1.54) is 5.56 Å². The molecule has 5 heteroatoms. The molecule has 0 aliphatic carbocycles. The van der Waals surface area contributed by atoms with Crippen LogP contribution >= 0.6 is 0 Å². The molecule has 1 aromatic heterocycles. The standard InChI is InChI=1S/C14H19N3O2/c18-13-16-11-14(19-13)4-1-8-17(9-5-14)10-12-2-6-15-7-3-12/h2-3,6-7H,1,4-5,8-11H2,(H,16,18). The molecule has 0 saturated carbocycles. The van der Waals surface area contributed by atoms with E-state index in [-0.39, 0.29) is 11.7 Å². The van der Waals surface area contributed by atoms with E-state index in [9.17, 15) is 4.79 Å². The molecule has 5 nitrogen and oxygen atoms in total. The van der Waals surface area contributed by atoms with Crippen molar-refractivity contribution < 1.29 is 9.53 Å². The largest absolute Gasteiger partial charge is 0.441 e. The number of amides is 1. The predicted octanol–water partition coefficient (Wildman–Crippen LogP) is 1.55. The molecule has 2 aliphatic rings. The molecule has 1 unspecified atom stereocenters. The van der Waals surface area contributed by atoms with Crippen molar-refractivity contribution in [3.05, 3.63) is 30.1 Å². The van der Waals surface area contributed by atoms with Crippen molar-refractivity contribution in [2.75, 3.05) is 19.6 Å². The first kappa shape index (κ1) is 12.4. The Balaban J connectivity index is 1.60. The second-order valence-electron chi connectivity index (χ2n) is 5.41. The smallest absolute Gasteiger partial charge is 0.407 e. The van der Waals surface area contributed by atoms with Crippen LogP contribution in [0, 0.1) is 0 Å². The van der Waals surface area contributed by atoms with E-state index < -0.39 is 0 Å². The number of nitrogens with zero attached hydrogens (tertiary/aromatic N) is 2. The molecule has 2 saturated heterocycles. The number of alkyl carbamates (subject to hydrolysis) is 1. The zero-order chi connectivity index (χ0) is 13.1. The summed E-state index contributed by atoms with van der Waals surface area (Å²) in [7, 11) is 0. The molecule has 1 aromatic rings. The molecule has 102 valence electrons. The van der Waals surface area contributed by atoms with E-state index in [0.717, 1.165) is 38.9 Å². The molecule has 3 rings (SSSR count). The van der Waals surface area contributed by atoms with E-state index >= 15 is 0 Å². The Kier molecular flexibility index (Phi) is 3.38. The summed E-state index contributed by atoms with van der Waals surface area (Å²) in [6, 6.07) is 4.11. The molecule has 1 atom stereocenters. The van der Waals surface area contributed by atoms with E-state index in [4.69, 9.17) is 4.74 Å². The number of carbonyl (C=O) groups is 1. The minimum Gasteiger partial charge on any atom is -0.441 e. The molecule has 3 heterocycles. The molecule has 1 spiro atoms. The van der Waals surface area contributed by atoms with Gasteiger partial charge in [0.15, 0.2) is 0 Å². The summed E-state index contributed by atoms with van der Waals surface area (Å²) >= 11 is 0. The molecule has 1 N–H and O–H groups in total. The van der Waals surface area contributed by atoms with E-state index in [0.29, 0.717) is 6.54 Å². The SMILES string of the molecule is O=C1NCC2(CCCN(Cc3ccncc3)CC2)O1. The highest BCUT2D eigenvalue weighted by molar-refractivity contribution is 5.70. The third kappa shape index (κ3) is 2.87. The van der Waals surface area contributed by atoms with Crippen molar-refractivity contribution >= 4 is 6.09 Å². The van der Waals surface area contributed by atoms with Crippen LogP contribution in [0.4, 0.5) is 4.79 Å². The van der Waals surface area contributed by atoms with Crippen LogP contribution in [0.5, 0.6) is 0 Å². The van der Waals surface area contributed by atoms with Crippen LogP contribution in [0.25, 0.3) is 0 Å². The van der Waals surface area contributed by atoms with Crippen molar-refractivity contribution in [2.45, 2.75) is 31.4 Å². The second-order valence-corrected chi connectivity index (χ2v) is 5.41. The summed E-state index contributed by atoms with van der Waals surface area (Å²) in [5, 5.41) is 2.78. The quantitative estimate of drug-likeness (QED) is 0.877. The number of pyridine rings is 1. The molecule has 2 fully saturated rings. The lowest BCUT2D eigenvalue weighted by Gasteiger charge is -2.25.